The first-order valence-corrected chi connectivity index (χ1v) is 4.89. The van der Waals surface area contributed by atoms with Crippen molar-refractivity contribution in [2.75, 3.05) is 0 Å². The number of nitrogens with zero attached hydrogens (tertiary/aromatic N) is 2. The lowest BCUT2D eigenvalue weighted by atomic mass is 9.81. The van der Waals surface area contributed by atoms with Crippen molar-refractivity contribution >= 4 is 12.6 Å². The quantitative estimate of drug-likeness (QED) is 0.639. The van der Waals surface area contributed by atoms with Gasteiger partial charge in [-0.25, -0.2) is 9.97 Å². The lowest BCUT2D eigenvalue weighted by Gasteiger charge is -2.32. The molecule has 2 rings (SSSR count). The summed E-state index contributed by atoms with van der Waals surface area (Å²) < 4.78 is 26.5. The molecule has 1 saturated heterocycles. The van der Waals surface area contributed by atoms with E-state index < -0.39 is 18.3 Å². The maximum Gasteiger partial charge on any atom is 0.498 e. The third kappa shape index (κ3) is 1.77. The summed E-state index contributed by atoms with van der Waals surface area (Å²) in [4.78, 5) is 7.43. The predicted molar refractivity (Wildman–Crippen MR) is 57.7 cm³/mol. The van der Waals surface area contributed by atoms with Crippen molar-refractivity contribution in [3.8, 4) is 0 Å². The van der Waals surface area contributed by atoms with Crippen molar-refractivity contribution in [3.63, 3.8) is 0 Å². The molecule has 0 spiro atoms. The zero-order valence-corrected chi connectivity index (χ0v) is 9.37. The summed E-state index contributed by atoms with van der Waals surface area (Å²) in [5.41, 5.74) is -0.451. The fourth-order valence-electron chi connectivity index (χ4n) is 1.33. The SMILES string of the molecule is [2H]c1ncc(B2OC(C)(C)C(C)(C)O2)c([2H])n1. The maximum atomic E-state index is 7.70. The van der Waals surface area contributed by atoms with Crippen LogP contribution in [0.2, 0.25) is 0 Å². The molecule has 80 valence electrons. The van der Waals surface area contributed by atoms with E-state index in [2.05, 4.69) is 9.97 Å². The van der Waals surface area contributed by atoms with Gasteiger partial charge in [0.2, 0.25) is 0 Å². The predicted octanol–water partition coefficient (Wildman–Crippen LogP) is 0.776. The van der Waals surface area contributed by atoms with E-state index in [1.54, 1.807) is 0 Å². The normalized spacial score (nSPS) is 24.9. The third-order valence-corrected chi connectivity index (χ3v) is 3.00. The first kappa shape index (κ1) is 8.24. The van der Waals surface area contributed by atoms with Gasteiger partial charge in [-0.3, -0.25) is 0 Å². The van der Waals surface area contributed by atoms with Crippen LogP contribution in [0.3, 0.4) is 0 Å². The molecule has 1 aromatic heterocycles. The highest BCUT2D eigenvalue weighted by molar-refractivity contribution is 6.61. The lowest BCUT2D eigenvalue weighted by molar-refractivity contribution is 0.00578. The van der Waals surface area contributed by atoms with Crippen LogP contribution in [-0.4, -0.2) is 28.3 Å². The Morgan fingerprint density at radius 3 is 2.33 bits per heavy atom. The van der Waals surface area contributed by atoms with E-state index in [9.17, 15) is 0 Å². The fourth-order valence-corrected chi connectivity index (χ4v) is 1.33. The van der Waals surface area contributed by atoms with Crippen LogP contribution >= 0.6 is 0 Å². The molecule has 1 aliphatic heterocycles. The molecular formula is C10H15BN2O2. The van der Waals surface area contributed by atoms with Crippen LogP contribution < -0.4 is 5.46 Å². The molecule has 0 N–H and O–H groups in total. The minimum absolute atomic E-state index is 0.0245. The topological polar surface area (TPSA) is 44.2 Å². The smallest absolute Gasteiger partial charge is 0.399 e. The molecule has 1 aliphatic rings. The highest BCUT2D eigenvalue weighted by Crippen LogP contribution is 2.36. The van der Waals surface area contributed by atoms with E-state index in [-0.39, 0.29) is 12.5 Å². The van der Waals surface area contributed by atoms with E-state index in [1.165, 1.54) is 6.20 Å². The van der Waals surface area contributed by atoms with Crippen LogP contribution in [0.1, 0.15) is 30.4 Å². The third-order valence-electron chi connectivity index (χ3n) is 3.00. The zero-order chi connectivity index (χ0) is 12.8. The summed E-state index contributed by atoms with van der Waals surface area (Å²) in [5, 5.41) is 0. The molecule has 1 aromatic rings. The van der Waals surface area contributed by atoms with E-state index in [0.717, 1.165) is 0 Å². The molecule has 5 heteroatoms. The monoisotopic (exact) mass is 208 g/mol. The van der Waals surface area contributed by atoms with Crippen molar-refractivity contribution in [2.45, 2.75) is 38.9 Å². The van der Waals surface area contributed by atoms with Crippen molar-refractivity contribution in [2.24, 2.45) is 0 Å². The molecule has 1 fully saturated rings. The summed E-state index contributed by atoms with van der Waals surface area (Å²) in [6.07, 6.45) is 1.22. The summed E-state index contributed by atoms with van der Waals surface area (Å²) >= 11 is 0. The van der Waals surface area contributed by atoms with Crippen LogP contribution in [0, 0.1) is 0 Å². The number of hydrogen-bond acceptors (Lipinski definition) is 4. The van der Waals surface area contributed by atoms with Crippen molar-refractivity contribution < 1.29 is 12.1 Å². The second kappa shape index (κ2) is 3.28. The standard InChI is InChI=1S/C10H15BN2O2/c1-9(2)10(3,4)15-11(14-9)8-5-12-7-13-6-8/h5-7H,1-4H3/i5D,7D. The van der Waals surface area contributed by atoms with Gasteiger partial charge < -0.3 is 9.31 Å². The molecule has 0 amide bonds. The molecule has 2 heterocycles. The summed E-state index contributed by atoms with van der Waals surface area (Å²) in [6.45, 7) is 7.76. The second-order valence-corrected chi connectivity index (χ2v) is 4.63. The van der Waals surface area contributed by atoms with Gasteiger partial charge in [-0.1, -0.05) is 0 Å². The Kier molecular flexibility index (Phi) is 1.80. The van der Waals surface area contributed by atoms with Crippen LogP contribution in [0.25, 0.3) is 0 Å². The Labute approximate surface area is 93.0 Å². The minimum atomic E-state index is -0.645. The van der Waals surface area contributed by atoms with Crippen LogP contribution in [0.15, 0.2) is 18.7 Å². The highest BCUT2D eigenvalue weighted by atomic mass is 16.7. The van der Waals surface area contributed by atoms with Crippen LogP contribution in [0.5, 0.6) is 0 Å². The fraction of sp³-hybridized carbons (Fsp3) is 0.600. The molecule has 0 aliphatic carbocycles. The van der Waals surface area contributed by atoms with Gasteiger partial charge in [0, 0.05) is 17.8 Å². The first-order chi connectivity index (χ1) is 7.73. The Hall–Kier alpha value is -0.935. The molecule has 0 saturated carbocycles. The number of aromatic nitrogens is 2. The molecule has 0 unspecified atom stereocenters. The van der Waals surface area contributed by atoms with Gasteiger partial charge in [-0.2, -0.15) is 0 Å². The molecule has 15 heavy (non-hydrogen) atoms. The highest BCUT2D eigenvalue weighted by Gasteiger charge is 2.51. The summed E-state index contributed by atoms with van der Waals surface area (Å²) in [6, 6.07) is 0. The summed E-state index contributed by atoms with van der Waals surface area (Å²) in [7, 11) is -0.645. The largest absolute Gasteiger partial charge is 0.498 e. The maximum absolute atomic E-state index is 7.70. The Balaban J connectivity index is 2.32. The van der Waals surface area contributed by atoms with E-state index in [4.69, 9.17) is 12.1 Å². The van der Waals surface area contributed by atoms with Gasteiger partial charge in [-0.15, -0.1) is 0 Å². The van der Waals surface area contributed by atoms with E-state index in [0.29, 0.717) is 5.46 Å². The second-order valence-electron chi connectivity index (χ2n) is 4.63. The van der Waals surface area contributed by atoms with Gasteiger partial charge in [0.15, 0.2) is 0 Å². The zero-order valence-electron chi connectivity index (χ0n) is 11.4. The van der Waals surface area contributed by atoms with Crippen molar-refractivity contribution in [3.05, 3.63) is 18.7 Å². The van der Waals surface area contributed by atoms with Gasteiger partial charge in [0.1, 0.15) is 7.67 Å². The molecule has 4 nitrogen and oxygen atoms in total. The lowest BCUT2D eigenvalue weighted by Crippen LogP contribution is -2.41. The molecule has 0 radical (unpaired) electrons. The number of rotatable bonds is 1. The van der Waals surface area contributed by atoms with Gasteiger partial charge in [0.25, 0.3) is 0 Å². The molecule has 0 bridgehead atoms. The Morgan fingerprint density at radius 2 is 1.80 bits per heavy atom. The number of hydrogen-bond donors (Lipinski definition) is 0. The van der Waals surface area contributed by atoms with Crippen molar-refractivity contribution in [1.82, 2.24) is 9.97 Å². The van der Waals surface area contributed by atoms with Crippen LogP contribution in [-0.2, 0) is 9.31 Å². The Morgan fingerprint density at radius 1 is 1.20 bits per heavy atom. The Bertz CT molecular complexity index is 438. The molecule has 0 aromatic carbocycles. The van der Waals surface area contributed by atoms with Crippen LogP contribution in [0.4, 0.5) is 0 Å². The van der Waals surface area contributed by atoms with E-state index >= 15 is 0 Å². The first-order valence-electron chi connectivity index (χ1n) is 5.89. The van der Waals surface area contributed by atoms with Gasteiger partial charge >= 0.3 is 7.12 Å². The van der Waals surface area contributed by atoms with E-state index in [1.807, 2.05) is 27.7 Å². The average Bonchev–Trinajstić information content (AvgIpc) is 2.35. The molecular weight excluding hydrogens is 191 g/mol. The minimum Gasteiger partial charge on any atom is -0.399 e. The average molecular weight is 208 g/mol. The molecule has 0 atom stereocenters. The van der Waals surface area contributed by atoms with Crippen molar-refractivity contribution in [1.29, 1.82) is 0 Å². The summed E-state index contributed by atoms with van der Waals surface area (Å²) in [5.74, 6) is 0. The van der Waals surface area contributed by atoms with Gasteiger partial charge in [0.05, 0.1) is 12.6 Å². The van der Waals surface area contributed by atoms with Gasteiger partial charge in [-0.05, 0) is 27.7 Å².